The standard InChI is InChI=1S/C10H14N4O/c1-6-7(2)14-4-3-8(10(11)13-15)5-9(14)12-6/h3-5,10,13,15H,11H2,1-2H3. The topological polar surface area (TPSA) is 75.6 Å². The molecule has 15 heavy (non-hydrogen) atoms. The second kappa shape index (κ2) is 3.62. The number of hydrogen-bond acceptors (Lipinski definition) is 4. The molecule has 0 saturated carbocycles. The van der Waals surface area contributed by atoms with Crippen molar-refractivity contribution in [2.45, 2.75) is 20.0 Å². The quantitative estimate of drug-likeness (QED) is 0.504. The lowest BCUT2D eigenvalue weighted by atomic mass is 10.2. The van der Waals surface area contributed by atoms with E-state index in [1.54, 1.807) is 0 Å². The predicted molar refractivity (Wildman–Crippen MR) is 56.5 cm³/mol. The number of aryl methyl sites for hydroxylation is 2. The van der Waals surface area contributed by atoms with Gasteiger partial charge in [0.1, 0.15) is 11.8 Å². The first kappa shape index (κ1) is 10.1. The van der Waals surface area contributed by atoms with E-state index >= 15 is 0 Å². The average molecular weight is 206 g/mol. The van der Waals surface area contributed by atoms with E-state index in [0.717, 1.165) is 22.6 Å². The summed E-state index contributed by atoms with van der Waals surface area (Å²) in [4.78, 5) is 4.39. The molecule has 0 spiro atoms. The monoisotopic (exact) mass is 206 g/mol. The van der Waals surface area contributed by atoms with Crippen LogP contribution in [0.4, 0.5) is 0 Å². The number of aromatic nitrogens is 2. The molecule has 80 valence electrons. The van der Waals surface area contributed by atoms with E-state index < -0.39 is 6.17 Å². The number of hydrogen-bond donors (Lipinski definition) is 3. The first-order valence-electron chi connectivity index (χ1n) is 4.74. The fourth-order valence-corrected chi connectivity index (χ4v) is 1.57. The maximum Gasteiger partial charge on any atom is 0.137 e. The van der Waals surface area contributed by atoms with Crippen LogP contribution in [0.3, 0.4) is 0 Å². The first-order chi connectivity index (χ1) is 7.13. The van der Waals surface area contributed by atoms with Crippen LogP contribution in [0.5, 0.6) is 0 Å². The summed E-state index contributed by atoms with van der Waals surface area (Å²) < 4.78 is 1.99. The third-order valence-electron chi connectivity index (χ3n) is 2.62. The SMILES string of the molecule is Cc1nc2cc(C(N)NO)ccn2c1C. The number of nitrogens with one attached hydrogen (secondary N) is 1. The van der Waals surface area contributed by atoms with Crippen molar-refractivity contribution in [3.05, 3.63) is 35.3 Å². The van der Waals surface area contributed by atoms with E-state index in [-0.39, 0.29) is 0 Å². The van der Waals surface area contributed by atoms with Crippen molar-refractivity contribution in [3.63, 3.8) is 0 Å². The summed E-state index contributed by atoms with van der Waals surface area (Å²) in [6.07, 6.45) is 1.32. The van der Waals surface area contributed by atoms with Gasteiger partial charge in [-0.05, 0) is 31.5 Å². The maximum absolute atomic E-state index is 8.72. The van der Waals surface area contributed by atoms with E-state index in [9.17, 15) is 0 Å². The van der Waals surface area contributed by atoms with Crippen LogP contribution in [0.15, 0.2) is 18.3 Å². The summed E-state index contributed by atoms with van der Waals surface area (Å²) >= 11 is 0. The number of nitrogens with two attached hydrogens (primary N) is 1. The summed E-state index contributed by atoms with van der Waals surface area (Å²) in [5.74, 6) is 0. The lowest BCUT2D eigenvalue weighted by Gasteiger charge is -2.09. The van der Waals surface area contributed by atoms with Gasteiger partial charge in [-0.25, -0.2) is 4.98 Å². The van der Waals surface area contributed by atoms with E-state index in [1.807, 2.05) is 42.1 Å². The minimum absolute atomic E-state index is 0.577. The Morgan fingerprint density at radius 3 is 2.93 bits per heavy atom. The van der Waals surface area contributed by atoms with Gasteiger partial charge in [-0.2, -0.15) is 5.48 Å². The second-order valence-corrected chi connectivity index (χ2v) is 3.58. The molecule has 0 radical (unpaired) electrons. The summed E-state index contributed by atoms with van der Waals surface area (Å²) in [5, 5.41) is 8.72. The Hall–Kier alpha value is -1.43. The van der Waals surface area contributed by atoms with Gasteiger partial charge in [-0.1, -0.05) is 0 Å². The van der Waals surface area contributed by atoms with E-state index in [4.69, 9.17) is 10.9 Å². The van der Waals surface area contributed by atoms with Gasteiger partial charge in [-0.15, -0.1) is 0 Å². The van der Waals surface area contributed by atoms with E-state index in [0.29, 0.717) is 0 Å². The number of nitrogens with zero attached hydrogens (tertiary/aromatic N) is 2. The number of fused-ring (bicyclic) bond motifs is 1. The molecule has 1 atom stereocenters. The van der Waals surface area contributed by atoms with Crippen LogP contribution in [-0.2, 0) is 0 Å². The van der Waals surface area contributed by atoms with Gasteiger partial charge in [0.25, 0.3) is 0 Å². The normalized spacial score (nSPS) is 13.3. The molecule has 0 aromatic carbocycles. The molecule has 0 aliphatic rings. The smallest absolute Gasteiger partial charge is 0.137 e. The molecule has 0 aliphatic heterocycles. The van der Waals surface area contributed by atoms with Gasteiger partial charge in [0, 0.05) is 11.9 Å². The molecule has 0 saturated heterocycles. The molecule has 5 nitrogen and oxygen atoms in total. The summed E-state index contributed by atoms with van der Waals surface area (Å²) in [5.41, 5.74) is 11.4. The molecule has 2 aromatic rings. The molecule has 0 fully saturated rings. The molecular weight excluding hydrogens is 192 g/mol. The van der Waals surface area contributed by atoms with Crippen LogP contribution in [0.1, 0.15) is 23.1 Å². The highest BCUT2D eigenvalue weighted by molar-refractivity contribution is 5.45. The van der Waals surface area contributed by atoms with Gasteiger partial charge in [0.15, 0.2) is 0 Å². The summed E-state index contributed by atoms with van der Waals surface area (Å²) in [6, 6.07) is 3.71. The first-order valence-corrected chi connectivity index (χ1v) is 4.74. The van der Waals surface area contributed by atoms with Crippen LogP contribution < -0.4 is 11.2 Å². The molecule has 0 amide bonds. The van der Waals surface area contributed by atoms with Crippen molar-refractivity contribution in [1.29, 1.82) is 0 Å². The van der Waals surface area contributed by atoms with Crippen LogP contribution in [0.25, 0.3) is 5.65 Å². The number of hydroxylamine groups is 1. The Morgan fingerprint density at radius 1 is 1.53 bits per heavy atom. The van der Waals surface area contributed by atoms with Gasteiger partial charge in [0.05, 0.1) is 5.69 Å². The number of imidazole rings is 1. The highest BCUT2D eigenvalue weighted by atomic mass is 16.5. The zero-order valence-electron chi connectivity index (χ0n) is 8.73. The van der Waals surface area contributed by atoms with Crippen LogP contribution in [0, 0.1) is 13.8 Å². The Kier molecular flexibility index (Phi) is 2.44. The highest BCUT2D eigenvalue weighted by Gasteiger charge is 2.08. The van der Waals surface area contributed by atoms with Crippen molar-refractivity contribution < 1.29 is 5.21 Å². The predicted octanol–water partition coefficient (Wildman–Crippen LogP) is 0.887. The fraction of sp³-hybridized carbons (Fsp3) is 0.300. The second-order valence-electron chi connectivity index (χ2n) is 3.58. The zero-order valence-corrected chi connectivity index (χ0v) is 8.73. The van der Waals surface area contributed by atoms with Crippen molar-refractivity contribution in [1.82, 2.24) is 14.9 Å². The van der Waals surface area contributed by atoms with E-state index in [2.05, 4.69) is 4.98 Å². The third kappa shape index (κ3) is 1.61. The lowest BCUT2D eigenvalue weighted by molar-refractivity contribution is 0.128. The van der Waals surface area contributed by atoms with E-state index in [1.165, 1.54) is 0 Å². The minimum Gasteiger partial charge on any atom is -0.315 e. The van der Waals surface area contributed by atoms with Crippen LogP contribution in [0.2, 0.25) is 0 Å². The Bertz CT molecular complexity index is 491. The number of pyridine rings is 1. The molecule has 0 aliphatic carbocycles. The molecule has 1 unspecified atom stereocenters. The molecule has 2 aromatic heterocycles. The van der Waals surface area contributed by atoms with Gasteiger partial charge >= 0.3 is 0 Å². The Balaban J connectivity index is 2.57. The molecule has 0 bridgehead atoms. The molecule has 2 rings (SSSR count). The fourth-order valence-electron chi connectivity index (χ4n) is 1.57. The van der Waals surface area contributed by atoms with Crippen LogP contribution in [-0.4, -0.2) is 14.6 Å². The van der Waals surface area contributed by atoms with Crippen molar-refractivity contribution in [3.8, 4) is 0 Å². The van der Waals surface area contributed by atoms with Gasteiger partial charge in [0.2, 0.25) is 0 Å². The van der Waals surface area contributed by atoms with Crippen molar-refractivity contribution >= 4 is 5.65 Å². The van der Waals surface area contributed by atoms with Crippen LogP contribution >= 0.6 is 0 Å². The molecule has 2 heterocycles. The van der Waals surface area contributed by atoms with Crippen molar-refractivity contribution in [2.75, 3.05) is 0 Å². The lowest BCUT2D eigenvalue weighted by Crippen LogP contribution is -2.25. The molecule has 5 heteroatoms. The Morgan fingerprint density at radius 2 is 2.27 bits per heavy atom. The van der Waals surface area contributed by atoms with Crippen molar-refractivity contribution in [2.24, 2.45) is 5.73 Å². The summed E-state index contributed by atoms with van der Waals surface area (Å²) in [6.45, 7) is 3.98. The zero-order chi connectivity index (χ0) is 11.0. The molecule has 4 N–H and O–H groups in total. The maximum atomic E-state index is 8.72. The third-order valence-corrected chi connectivity index (χ3v) is 2.62. The largest absolute Gasteiger partial charge is 0.315 e. The van der Waals surface area contributed by atoms with Gasteiger partial charge in [-0.3, -0.25) is 0 Å². The summed E-state index contributed by atoms with van der Waals surface area (Å²) in [7, 11) is 0. The van der Waals surface area contributed by atoms with Gasteiger partial charge < -0.3 is 15.3 Å². The molecular formula is C10H14N4O. The highest BCUT2D eigenvalue weighted by Crippen LogP contribution is 2.14. The Labute approximate surface area is 87.5 Å². The minimum atomic E-state index is -0.577. The average Bonchev–Trinajstić information content (AvgIpc) is 2.53. The number of rotatable bonds is 2.